The first-order valence-electron chi connectivity index (χ1n) is 8.84. The lowest BCUT2D eigenvalue weighted by molar-refractivity contribution is -0.113. The van der Waals surface area contributed by atoms with E-state index in [0.717, 1.165) is 11.1 Å². The molecule has 0 saturated heterocycles. The Bertz CT molecular complexity index is 982. The maximum atomic E-state index is 13.1. The van der Waals surface area contributed by atoms with Crippen LogP contribution >= 0.6 is 0 Å². The summed E-state index contributed by atoms with van der Waals surface area (Å²) in [6.45, 7) is 5.55. The number of benzene rings is 2. The standard InChI is InChI=1S/C21H23N3O4/c1-11-5-6-12(2)15(9-11)23-20(26)18-13(3)22-21(27)24-19(18)14-7-8-16(25)17(10-14)28-4/h5-10,19,25H,1-4H3,(H,23,26)(H2,22,24,27)/t19-/m0/s1. The number of anilines is 1. The van der Waals surface area contributed by atoms with E-state index in [1.165, 1.54) is 13.2 Å². The number of aromatic hydroxyl groups is 1. The van der Waals surface area contributed by atoms with Gasteiger partial charge in [0.05, 0.1) is 18.7 Å². The molecule has 1 heterocycles. The van der Waals surface area contributed by atoms with E-state index in [4.69, 9.17) is 4.74 Å². The Hall–Kier alpha value is -3.48. The van der Waals surface area contributed by atoms with Gasteiger partial charge in [0, 0.05) is 11.4 Å². The number of methoxy groups -OCH3 is 1. The Kier molecular flexibility index (Phi) is 5.26. The second-order valence-electron chi connectivity index (χ2n) is 6.77. The number of amides is 3. The number of aryl methyl sites for hydroxylation is 2. The lowest BCUT2D eigenvalue weighted by Crippen LogP contribution is -2.46. The van der Waals surface area contributed by atoms with E-state index < -0.39 is 12.1 Å². The van der Waals surface area contributed by atoms with Crippen LogP contribution in [-0.2, 0) is 4.79 Å². The van der Waals surface area contributed by atoms with Crippen LogP contribution in [0.2, 0.25) is 0 Å². The predicted octanol–water partition coefficient (Wildman–Crippen LogP) is 3.28. The summed E-state index contributed by atoms with van der Waals surface area (Å²) < 4.78 is 5.16. The van der Waals surface area contributed by atoms with Crippen molar-refractivity contribution in [1.82, 2.24) is 10.6 Å². The molecule has 28 heavy (non-hydrogen) atoms. The summed E-state index contributed by atoms with van der Waals surface area (Å²) in [5.41, 5.74) is 4.14. The van der Waals surface area contributed by atoms with Crippen molar-refractivity contribution in [3.63, 3.8) is 0 Å². The smallest absolute Gasteiger partial charge is 0.319 e. The molecule has 2 aromatic rings. The van der Waals surface area contributed by atoms with E-state index in [1.54, 1.807) is 19.1 Å². The third kappa shape index (κ3) is 3.78. The van der Waals surface area contributed by atoms with Crippen molar-refractivity contribution in [2.24, 2.45) is 0 Å². The first-order valence-corrected chi connectivity index (χ1v) is 8.84. The number of urea groups is 1. The van der Waals surface area contributed by atoms with Gasteiger partial charge in [-0.2, -0.15) is 0 Å². The number of allylic oxidation sites excluding steroid dienone is 1. The number of rotatable bonds is 4. The molecule has 3 rings (SSSR count). The zero-order valence-electron chi connectivity index (χ0n) is 16.2. The Balaban J connectivity index is 2.00. The predicted molar refractivity (Wildman–Crippen MR) is 106 cm³/mol. The topological polar surface area (TPSA) is 99.7 Å². The second kappa shape index (κ2) is 7.64. The maximum Gasteiger partial charge on any atom is 0.319 e. The Labute approximate surface area is 163 Å². The summed E-state index contributed by atoms with van der Waals surface area (Å²) in [6.07, 6.45) is 0. The van der Waals surface area contributed by atoms with E-state index in [2.05, 4.69) is 16.0 Å². The Morgan fingerprint density at radius 3 is 2.61 bits per heavy atom. The highest BCUT2D eigenvalue weighted by molar-refractivity contribution is 6.07. The van der Waals surface area contributed by atoms with Crippen LogP contribution in [0.3, 0.4) is 0 Å². The zero-order valence-corrected chi connectivity index (χ0v) is 16.2. The zero-order chi connectivity index (χ0) is 20.4. The van der Waals surface area contributed by atoms with Gasteiger partial charge in [0.1, 0.15) is 0 Å². The summed E-state index contributed by atoms with van der Waals surface area (Å²) in [5.74, 6) is -0.0819. The second-order valence-corrected chi connectivity index (χ2v) is 6.77. The fourth-order valence-electron chi connectivity index (χ4n) is 3.18. The van der Waals surface area contributed by atoms with Crippen LogP contribution in [0.25, 0.3) is 0 Å². The maximum absolute atomic E-state index is 13.1. The molecule has 0 unspecified atom stereocenters. The molecule has 7 nitrogen and oxygen atoms in total. The highest BCUT2D eigenvalue weighted by atomic mass is 16.5. The third-order valence-corrected chi connectivity index (χ3v) is 4.69. The van der Waals surface area contributed by atoms with E-state index in [9.17, 15) is 14.7 Å². The van der Waals surface area contributed by atoms with Crippen molar-refractivity contribution >= 4 is 17.6 Å². The minimum absolute atomic E-state index is 0.0198. The fraction of sp³-hybridized carbons (Fsp3) is 0.238. The number of phenols is 1. The van der Waals surface area contributed by atoms with Gasteiger partial charge in [0.2, 0.25) is 0 Å². The molecule has 0 bridgehead atoms. The van der Waals surface area contributed by atoms with Gasteiger partial charge in [-0.3, -0.25) is 4.79 Å². The van der Waals surface area contributed by atoms with Crippen LogP contribution < -0.4 is 20.7 Å². The molecule has 0 fully saturated rings. The molecule has 0 spiro atoms. The van der Waals surface area contributed by atoms with Gasteiger partial charge in [0.15, 0.2) is 11.5 Å². The largest absolute Gasteiger partial charge is 0.504 e. The minimum Gasteiger partial charge on any atom is -0.504 e. The lowest BCUT2D eigenvalue weighted by Gasteiger charge is -2.29. The molecule has 4 N–H and O–H groups in total. The van der Waals surface area contributed by atoms with Crippen LogP contribution in [0.1, 0.15) is 29.7 Å². The summed E-state index contributed by atoms with van der Waals surface area (Å²) in [7, 11) is 1.44. The van der Waals surface area contributed by atoms with Crippen molar-refractivity contribution in [2.75, 3.05) is 12.4 Å². The summed E-state index contributed by atoms with van der Waals surface area (Å²) in [4.78, 5) is 25.1. The SMILES string of the molecule is COc1cc([C@@H]2NC(=O)NC(C)=C2C(=O)Nc2cc(C)ccc2C)ccc1O. The molecule has 0 saturated carbocycles. The fourth-order valence-corrected chi connectivity index (χ4v) is 3.18. The number of carbonyl (C=O) groups is 2. The number of hydrogen-bond acceptors (Lipinski definition) is 4. The molecular weight excluding hydrogens is 358 g/mol. The summed E-state index contributed by atoms with van der Waals surface area (Å²) in [6, 6.07) is 9.44. The van der Waals surface area contributed by atoms with E-state index >= 15 is 0 Å². The summed E-state index contributed by atoms with van der Waals surface area (Å²) in [5, 5.41) is 18.2. The molecule has 1 aliphatic heterocycles. The van der Waals surface area contributed by atoms with Crippen LogP contribution in [-0.4, -0.2) is 24.2 Å². The van der Waals surface area contributed by atoms with Gasteiger partial charge in [-0.25, -0.2) is 4.79 Å². The minimum atomic E-state index is -0.687. The number of ether oxygens (including phenoxy) is 1. The van der Waals surface area contributed by atoms with Crippen LogP contribution in [0.5, 0.6) is 11.5 Å². The van der Waals surface area contributed by atoms with Crippen molar-refractivity contribution in [2.45, 2.75) is 26.8 Å². The number of carbonyl (C=O) groups excluding carboxylic acids is 2. The molecule has 3 amide bonds. The van der Waals surface area contributed by atoms with E-state index in [1.807, 2.05) is 32.0 Å². The van der Waals surface area contributed by atoms with Gasteiger partial charge in [-0.15, -0.1) is 0 Å². The molecule has 0 aliphatic carbocycles. The van der Waals surface area contributed by atoms with Crippen molar-refractivity contribution in [3.8, 4) is 11.5 Å². The lowest BCUT2D eigenvalue weighted by atomic mass is 9.94. The number of phenolic OH excluding ortho intramolecular Hbond substituents is 1. The average molecular weight is 381 g/mol. The normalized spacial score (nSPS) is 16.3. The number of nitrogens with one attached hydrogen (secondary N) is 3. The van der Waals surface area contributed by atoms with Crippen molar-refractivity contribution in [3.05, 3.63) is 64.4 Å². The number of hydrogen-bond donors (Lipinski definition) is 4. The third-order valence-electron chi connectivity index (χ3n) is 4.69. The molecule has 7 heteroatoms. The van der Waals surface area contributed by atoms with E-state index in [-0.39, 0.29) is 17.4 Å². The van der Waals surface area contributed by atoms with Gasteiger partial charge >= 0.3 is 6.03 Å². The first kappa shape index (κ1) is 19.3. The quantitative estimate of drug-likeness (QED) is 0.653. The van der Waals surface area contributed by atoms with Gasteiger partial charge in [0.25, 0.3) is 5.91 Å². The molecular formula is C21H23N3O4. The van der Waals surface area contributed by atoms with Crippen LogP contribution in [0.4, 0.5) is 10.5 Å². The highest BCUT2D eigenvalue weighted by Crippen LogP contribution is 2.34. The molecule has 2 aromatic carbocycles. The average Bonchev–Trinajstić information content (AvgIpc) is 2.64. The first-order chi connectivity index (χ1) is 13.3. The van der Waals surface area contributed by atoms with Crippen LogP contribution in [0.15, 0.2) is 47.7 Å². The molecule has 0 aromatic heterocycles. The highest BCUT2D eigenvalue weighted by Gasteiger charge is 2.31. The van der Waals surface area contributed by atoms with Crippen molar-refractivity contribution < 1.29 is 19.4 Å². The van der Waals surface area contributed by atoms with Crippen LogP contribution in [0, 0.1) is 13.8 Å². The van der Waals surface area contributed by atoms with E-state index in [0.29, 0.717) is 22.5 Å². The molecule has 146 valence electrons. The Morgan fingerprint density at radius 2 is 1.89 bits per heavy atom. The summed E-state index contributed by atoms with van der Waals surface area (Å²) >= 11 is 0. The monoisotopic (exact) mass is 381 g/mol. The van der Waals surface area contributed by atoms with Gasteiger partial charge < -0.3 is 25.8 Å². The molecule has 1 atom stereocenters. The van der Waals surface area contributed by atoms with Gasteiger partial charge in [-0.05, 0) is 55.7 Å². The molecule has 0 radical (unpaired) electrons. The van der Waals surface area contributed by atoms with Crippen molar-refractivity contribution in [1.29, 1.82) is 0 Å². The Morgan fingerprint density at radius 1 is 1.14 bits per heavy atom. The molecule has 1 aliphatic rings. The van der Waals surface area contributed by atoms with Gasteiger partial charge in [-0.1, -0.05) is 18.2 Å².